The summed E-state index contributed by atoms with van der Waals surface area (Å²) >= 11 is 1.12. The molecule has 3 rings (SSSR count). The largest absolute Gasteiger partial charge is 0.496 e. The summed E-state index contributed by atoms with van der Waals surface area (Å²) < 4.78 is 7.26. The van der Waals surface area contributed by atoms with Crippen LogP contribution in [-0.4, -0.2) is 31.8 Å². The van der Waals surface area contributed by atoms with Gasteiger partial charge in [0.15, 0.2) is 16.0 Å². The third-order valence-corrected chi connectivity index (χ3v) is 4.51. The number of aromatic nitrogens is 4. The molecule has 0 saturated heterocycles. The van der Waals surface area contributed by atoms with Crippen molar-refractivity contribution in [1.82, 2.24) is 19.7 Å². The van der Waals surface area contributed by atoms with E-state index in [2.05, 4.69) is 15.2 Å². The normalized spacial score (nSPS) is 10.6. The maximum absolute atomic E-state index is 11.2. The zero-order chi connectivity index (χ0) is 17.8. The van der Waals surface area contributed by atoms with Gasteiger partial charge in [0.1, 0.15) is 5.75 Å². The SMILES string of the molecule is CCn1c(Sc2ncccc2[N+](=O)[O-])nnc1-c1ccccc1OC. The average molecular weight is 357 g/mol. The van der Waals surface area contributed by atoms with Crippen LogP contribution in [0.15, 0.2) is 52.8 Å². The molecule has 0 saturated carbocycles. The van der Waals surface area contributed by atoms with Gasteiger partial charge in [-0.25, -0.2) is 4.98 Å². The van der Waals surface area contributed by atoms with Crippen LogP contribution in [0, 0.1) is 10.1 Å². The average Bonchev–Trinajstić information content (AvgIpc) is 3.04. The fourth-order valence-electron chi connectivity index (χ4n) is 2.36. The number of nitrogens with zero attached hydrogens (tertiary/aromatic N) is 5. The lowest BCUT2D eigenvalue weighted by atomic mass is 10.2. The standard InChI is InChI=1S/C16H15N5O3S/c1-3-20-14(11-7-4-5-9-13(11)24-2)18-19-16(20)25-15-12(21(22)23)8-6-10-17-15/h4-10H,3H2,1-2H3. The van der Waals surface area contributed by atoms with E-state index >= 15 is 0 Å². The van der Waals surface area contributed by atoms with Gasteiger partial charge in [-0.3, -0.25) is 10.1 Å². The van der Waals surface area contributed by atoms with E-state index in [1.54, 1.807) is 7.11 Å². The molecule has 9 heteroatoms. The van der Waals surface area contributed by atoms with Gasteiger partial charge in [0.25, 0.3) is 0 Å². The molecule has 0 amide bonds. The Labute approximate surface area is 148 Å². The van der Waals surface area contributed by atoms with Gasteiger partial charge in [0.2, 0.25) is 0 Å². The summed E-state index contributed by atoms with van der Waals surface area (Å²) in [6, 6.07) is 10.5. The minimum Gasteiger partial charge on any atom is -0.496 e. The maximum Gasteiger partial charge on any atom is 0.301 e. The monoisotopic (exact) mass is 357 g/mol. The summed E-state index contributed by atoms with van der Waals surface area (Å²) in [5.41, 5.74) is 0.749. The Morgan fingerprint density at radius 1 is 1.24 bits per heavy atom. The summed E-state index contributed by atoms with van der Waals surface area (Å²) in [6.45, 7) is 2.56. The molecule has 0 aliphatic carbocycles. The Morgan fingerprint density at radius 2 is 2.04 bits per heavy atom. The molecule has 2 heterocycles. The van der Waals surface area contributed by atoms with Gasteiger partial charge in [-0.05, 0) is 36.9 Å². The summed E-state index contributed by atoms with van der Waals surface area (Å²) in [7, 11) is 1.60. The van der Waals surface area contributed by atoms with Crippen molar-refractivity contribution in [2.24, 2.45) is 0 Å². The number of ether oxygens (including phenoxy) is 1. The number of para-hydroxylation sites is 1. The van der Waals surface area contributed by atoms with E-state index in [-0.39, 0.29) is 10.7 Å². The zero-order valence-corrected chi connectivity index (χ0v) is 14.4. The Bertz CT molecular complexity index is 912. The first-order valence-electron chi connectivity index (χ1n) is 7.49. The summed E-state index contributed by atoms with van der Waals surface area (Å²) in [6.07, 6.45) is 1.52. The van der Waals surface area contributed by atoms with Crippen molar-refractivity contribution in [1.29, 1.82) is 0 Å². The first-order chi connectivity index (χ1) is 12.2. The quantitative estimate of drug-likeness (QED) is 0.492. The Hall–Kier alpha value is -2.94. The third-order valence-electron chi connectivity index (χ3n) is 3.52. The second kappa shape index (κ2) is 7.31. The Morgan fingerprint density at radius 3 is 2.76 bits per heavy atom. The predicted octanol–water partition coefficient (Wildman–Crippen LogP) is 3.43. The van der Waals surface area contributed by atoms with E-state index in [0.717, 1.165) is 17.3 Å². The van der Waals surface area contributed by atoms with Gasteiger partial charge in [-0.1, -0.05) is 12.1 Å². The molecule has 8 nitrogen and oxygen atoms in total. The van der Waals surface area contributed by atoms with Gasteiger partial charge in [-0.15, -0.1) is 10.2 Å². The van der Waals surface area contributed by atoms with Crippen molar-refractivity contribution in [3.8, 4) is 17.1 Å². The van der Waals surface area contributed by atoms with E-state index in [1.807, 2.05) is 35.8 Å². The Balaban J connectivity index is 2.03. The summed E-state index contributed by atoms with van der Waals surface area (Å²) in [4.78, 5) is 14.8. The van der Waals surface area contributed by atoms with E-state index in [4.69, 9.17) is 4.74 Å². The van der Waals surface area contributed by atoms with Crippen LogP contribution < -0.4 is 4.74 Å². The highest BCUT2D eigenvalue weighted by atomic mass is 32.2. The number of nitro groups is 1. The van der Waals surface area contributed by atoms with Crippen LogP contribution in [0.25, 0.3) is 11.4 Å². The van der Waals surface area contributed by atoms with Gasteiger partial charge in [-0.2, -0.15) is 0 Å². The van der Waals surface area contributed by atoms with E-state index < -0.39 is 4.92 Å². The molecule has 1 aromatic carbocycles. The van der Waals surface area contributed by atoms with Gasteiger partial charge in [0.05, 0.1) is 17.6 Å². The molecule has 0 N–H and O–H groups in total. The minimum absolute atomic E-state index is 0.0583. The lowest BCUT2D eigenvalue weighted by Crippen LogP contribution is -2.01. The number of rotatable bonds is 6. The summed E-state index contributed by atoms with van der Waals surface area (Å²) in [5, 5.41) is 20.4. The van der Waals surface area contributed by atoms with Crippen molar-refractivity contribution in [3.05, 3.63) is 52.7 Å². The maximum atomic E-state index is 11.2. The molecule has 0 fully saturated rings. The van der Waals surface area contributed by atoms with Crippen molar-refractivity contribution in [2.45, 2.75) is 23.7 Å². The van der Waals surface area contributed by atoms with Crippen LogP contribution in [0.4, 0.5) is 5.69 Å². The van der Waals surface area contributed by atoms with Crippen LogP contribution >= 0.6 is 11.8 Å². The molecule has 0 atom stereocenters. The van der Waals surface area contributed by atoms with E-state index in [9.17, 15) is 10.1 Å². The fourth-order valence-corrected chi connectivity index (χ4v) is 3.31. The molecule has 0 bridgehead atoms. The molecule has 0 aliphatic rings. The molecule has 128 valence electrons. The lowest BCUT2D eigenvalue weighted by Gasteiger charge is -2.10. The van der Waals surface area contributed by atoms with Crippen LogP contribution in [0.3, 0.4) is 0 Å². The number of benzene rings is 1. The first-order valence-corrected chi connectivity index (χ1v) is 8.31. The highest BCUT2D eigenvalue weighted by molar-refractivity contribution is 7.99. The highest BCUT2D eigenvalue weighted by Crippen LogP contribution is 2.35. The Kier molecular flexibility index (Phi) is 4.94. The second-order valence-corrected chi connectivity index (χ2v) is 5.89. The number of pyridine rings is 1. The first kappa shape index (κ1) is 16.9. The molecule has 0 unspecified atom stereocenters. The number of hydrogen-bond donors (Lipinski definition) is 0. The van der Waals surface area contributed by atoms with Crippen LogP contribution in [0.2, 0.25) is 0 Å². The lowest BCUT2D eigenvalue weighted by molar-refractivity contribution is -0.388. The topological polar surface area (TPSA) is 96.0 Å². The van der Waals surface area contributed by atoms with Crippen molar-refractivity contribution < 1.29 is 9.66 Å². The number of hydrogen-bond acceptors (Lipinski definition) is 7. The predicted molar refractivity (Wildman–Crippen MR) is 92.7 cm³/mol. The molecule has 0 radical (unpaired) electrons. The molecule has 3 aromatic rings. The number of methoxy groups -OCH3 is 1. The van der Waals surface area contributed by atoms with E-state index in [1.165, 1.54) is 18.3 Å². The fraction of sp³-hybridized carbons (Fsp3) is 0.188. The molecular formula is C16H15N5O3S. The molecule has 0 aliphatic heterocycles. The van der Waals surface area contributed by atoms with Crippen molar-refractivity contribution in [2.75, 3.05) is 7.11 Å². The highest BCUT2D eigenvalue weighted by Gasteiger charge is 2.21. The molecule has 0 spiro atoms. The third kappa shape index (κ3) is 3.31. The van der Waals surface area contributed by atoms with Gasteiger partial charge < -0.3 is 9.30 Å². The summed E-state index contributed by atoms with van der Waals surface area (Å²) in [5.74, 6) is 1.33. The molecular weight excluding hydrogens is 342 g/mol. The molecule has 25 heavy (non-hydrogen) atoms. The van der Waals surface area contributed by atoms with E-state index in [0.29, 0.717) is 23.3 Å². The molecule has 2 aromatic heterocycles. The van der Waals surface area contributed by atoms with Crippen LogP contribution in [0.5, 0.6) is 5.75 Å². The smallest absolute Gasteiger partial charge is 0.301 e. The van der Waals surface area contributed by atoms with Crippen LogP contribution in [-0.2, 0) is 6.54 Å². The zero-order valence-electron chi connectivity index (χ0n) is 13.6. The minimum atomic E-state index is -0.455. The van der Waals surface area contributed by atoms with Crippen LogP contribution in [0.1, 0.15) is 6.92 Å². The van der Waals surface area contributed by atoms with Gasteiger partial charge in [0, 0.05) is 18.8 Å². The second-order valence-electron chi connectivity index (χ2n) is 4.94. The van der Waals surface area contributed by atoms with Gasteiger partial charge >= 0.3 is 5.69 Å². The van der Waals surface area contributed by atoms with Crippen molar-refractivity contribution in [3.63, 3.8) is 0 Å². The van der Waals surface area contributed by atoms with Crippen molar-refractivity contribution >= 4 is 17.4 Å².